The molecule has 0 aliphatic carbocycles. The molecule has 0 fully saturated rings. The van der Waals surface area contributed by atoms with E-state index in [1.807, 2.05) is 0 Å². The fourth-order valence-electron chi connectivity index (χ4n) is 0.763. The van der Waals surface area contributed by atoms with Gasteiger partial charge in [-0.3, -0.25) is 0 Å². The van der Waals surface area contributed by atoms with Crippen molar-refractivity contribution in [3.63, 3.8) is 0 Å². The average Bonchev–Trinajstić information content (AvgIpc) is 1.59. The zero-order valence-electron chi connectivity index (χ0n) is 7.94. The van der Waals surface area contributed by atoms with Crippen LogP contribution in [0.2, 0.25) is 25.7 Å². The van der Waals surface area contributed by atoms with Gasteiger partial charge >= 0.3 is 51.4 Å². The number of carboxylic acid groups (broad SMARTS) is 1. The number of hydrogen-bond acceptors (Lipinski definition) is 2. The summed E-state index contributed by atoms with van der Waals surface area (Å²) in [6.45, 7) is 6.72. The van der Waals surface area contributed by atoms with Crippen LogP contribution in [-0.2, 0) is 4.79 Å². The first-order valence-corrected chi connectivity index (χ1v) is 7.32. The van der Waals surface area contributed by atoms with Crippen LogP contribution in [-0.4, -0.2) is 14.0 Å². The number of rotatable bonds is 4. The van der Waals surface area contributed by atoms with Crippen molar-refractivity contribution in [1.82, 2.24) is 0 Å². The third-order valence-electron chi connectivity index (χ3n) is 1.31. The quantitative estimate of drug-likeness (QED) is 0.484. The average molecular weight is 198 g/mol. The summed E-state index contributed by atoms with van der Waals surface area (Å²) in [5.74, 6) is -0.918. The summed E-state index contributed by atoms with van der Waals surface area (Å²) in [6.07, 6.45) is 1.02. The number of carbonyl (C=O) groups excluding carboxylic acids is 1. The van der Waals surface area contributed by atoms with E-state index in [1.165, 1.54) is 0 Å². The van der Waals surface area contributed by atoms with E-state index in [9.17, 15) is 9.90 Å². The SMILES string of the molecule is C[Si](C)(C)CCCC(=O)[O-].[K+]. The van der Waals surface area contributed by atoms with Crippen molar-refractivity contribution < 1.29 is 61.3 Å². The third kappa shape index (κ3) is 14.2. The molecule has 0 atom stereocenters. The second-order valence-corrected chi connectivity index (χ2v) is 9.41. The molecule has 4 heteroatoms. The molecular weight excluding hydrogens is 183 g/mol. The van der Waals surface area contributed by atoms with Gasteiger partial charge in [0.25, 0.3) is 0 Å². The number of carbonyl (C=O) groups is 1. The van der Waals surface area contributed by atoms with E-state index in [2.05, 4.69) is 19.6 Å². The van der Waals surface area contributed by atoms with E-state index in [1.54, 1.807) is 0 Å². The van der Waals surface area contributed by atoms with Crippen LogP contribution >= 0.6 is 0 Å². The van der Waals surface area contributed by atoms with Gasteiger partial charge in [0.05, 0.1) is 0 Å². The van der Waals surface area contributed by atoms with Gasteiger partial charge in [0, 0.05) is 14.0 Å². The fourth-order valence-corrected chi connectivity index (χ4v) is 2.00. The Labute approximate surface area is 112 Å². The minimum Gasteiger partial charge on any atom is -0.550 e. The van der Waals surface area contributed by atoms with Crippen molar-refractivity contribution in [2.24, 2.45) is 0 Å². The largest absolute Gasteiger partial charge is 1.00 e. The Kier molecular flexibility index (Phi) is 9.16. The monoisotopic (exact) mass is 198 g/mol. The molecule has 0 aliphatic rings. The Morgan fingerprint density at radius 2 is 1.82 bits per heavy atom. The Hall–Kier alpha value is 1.32. The Bertz CT molecular complexity index is 120. The molecule has 0 N–H and O–H groups in total. The van der Waals surface area contributed by atoms with Crippen molar-refractivity contribution in [1.29, 1.82) is 0 Å². The molecule has 60 valence electrons. The van der Waals surface area contributed by atoms with Crippen LogP contribution < -0.4 is 56.5 Å². The number of hydrogen-bond donors (Lipinski definition) is 0. The molecule has 0 saturated heterocycles. The van der Waals surface area contributed by atoms with Gasteiger partial charge in [-0.1, -0.05) is 32.1 Å². The summed E-state index contributed by atoms with van der Waals surface area (Å²) in [4.78, 5) is 9.99. The zero-order chi connectivity index (χ0) is 8.20. The van der Waals surface area contributed by atoms with Crippen molar-refractivity contribution in [2.75, 3.05) is 0 Å². The van der Waals surface area contributed by atoms with Crippen LogP contribution in [0.4, 0.5) is 0 Å². The van der Waals surface area contributed by atoms with Gasteiger partial charge < -0.3 is 9.90 Å². The maximum atomic E-state index is 9.99. The second kappa shape index (κ2) is 6.80. The number of aliphatic carboxylic acids is 1. The Morgan fingerprint density at radius 1 is 1.36 bits per heavy atom. The summed E-state index contributed by atoms with van der Waals surface area (Å²) in [5, 5.41) is 9.99. The standard InChI is InChI=1S/C7H16O2Si.K/c1-10(2,3)6-4-5-7(8)9;/h4-6H2,1-3H3,(H,8,9);/q;+1/p-1. The molecule has 2 nitrogen and oxygen atoms in total. The minimum atomic E-state index is -1.02. The number of carboxylic acids is 1. The van der Waals surface area contributed by atoms with Gasteiger partial charge in [-0.2, -0.15) is 0 Å². The molecule has 0 heterocycles. The maximum absolute atomic E-state index is 9.99. The Morgan fingerprint density at radius 3 is 2.09 bits per heavy atom. The molecule has 0 rings (SSSR count). The molecule has 0 aliphatic heterocycles. The Balaban J connectivity index is 0. The molecule has 0 amide bonds. The molecule has 0 aromatic heterocycles. The molecule has 0 spiro atoms. The summed E-state index contributed by atoms with van der Waals surface area (Å²) in [5.41, 5.74) is 0. The van der Waals surface area contributed by atoms with E-state index < -0.39 is 14.0 Å². The molecule has 0 radical (unpaired) electrons. The van der Waals surface area contributed by atoms with Gasteiger partial charge in [-0.05, 0) is 6.42 Å². The summed E-state index contributed by atoms with van der Waals surface area (Å²) >= 11 is 0. The van der Waals surface area contributed by atoms with E-state index in [0.29, 0.717) is 0 Å². The summed E-state index contributed by atoms with van der Waals surface area (Å²) in [7, 11) is -1.02. The summed E-state index contributed by atoms with van der Waals surface area (Å²) < 4.78 is 0. The molecule has 0 unspecified atom stereocenters. The first-order chi connectivity index (χ1) is 4.42. The second-order valence-electron chi connectivity index (χ2n) is 3.79. The molecule has 11 heavy (non-hydrogen) atoms. The first-order valence-electron chi connectivity index (χ1n) is 3.62. The van der Waals surface area contributed by atoms with Gasteiger partial charge in [0.2, 0.25) is 0 Å². The van der Waals surface area contributed by atoms with E-state index in [4.69, 9.17) is 0 Å². The predicted molar refractivity (Wildman–Crippen MR) is 42.4 cm³/mol. The van der Waals surface area contributed by atoms with Gasteiger partial charge in [-0.15, -0.1) is 0 Å². The maximum Gasteiger partial charge on any atom is 1.00 e. The topological polar surface area (TPSA) is 40.1 Å². The van der Waals surface area contributed by atoms with Gasteiger partial charge in [0.15, 0.2) is 0 Å². The van der Waals surface area contributed by atoms with Gasteiger partial charge in [0.1, 0.15) is 0 Å². The van der Waals surface area contributed by atoms with Crippen molar-refractivity contribution in [3.8, 4) is 0 Å². The van der Waals surface area contributed by atoms with Crippen molar-refractivity contribution in [2.45, 2.75) is 38.5 Å². The molecule has 0 aromatic carbocycles. The minimum absolute atomic E-state index is 0. The summed E-state index contributed by atoms with van der Waals surface area (Å²) in [6, 6.07) is 1.08. The first kappa shape index (κ1) is 14.8. The third-order valence-corrected chi connectivity index (χ3v) is 3.16. The molecular formula is C7H15KO2Si. The van der Waals surface area contributed by atoms with Crippen LogP contribution in [0, 0.1) is 0 Å². The van der Waals surface area contributed by atoms with Crippen LogP contribution in [0.3, 0.4) is 0 Å². The van der Waals surface area contributed by atoms with E-state index >= 15 is 0 Å². The predicted octanol–water partition coefficient (Wildman–Crippen LogP) is -2.14. The molecule has 0 saturated carbocycles. The molecule has 0 aromatic rings. The fraction of sp³-hybridized carbons (Fsp3) is 0.857. The van der Waals surface area contributed by atoms with Crippen molar-refractivity contribution >= 4 is 14.0 Å². The van der Waals surface area contributed by atoms with Gasteiger partial charge in [-0.25, -0.2) is 0 Å². The van der Waals surface area contributed by atoms with Crippen LogP contribution in [0.1, 0.15) is 12.8 Å². The smallest absolute Gasteiger partial charge is 0.550 e. The normalized spacial score (nSPS) is 10.5. The van der Waals surface area contributed by atoms with Crippen LogP contribution in [0.5, 0.6) is 0 Å². The van der Waals surface area contributed by atoms with E-state index in [0.717, 1.165) is 12.5 Å². The zero-order valence-corrected chi connectivity index (χ0v) is 12.1. The van der Waals surface area contributed by atoms with Crippen molar-refractivity contribution in [3.05, 3.63) is 0 Å². The van der Waals surface area contributed by atoms with Crippen LogP contribution in [0.15, 0.2) is 0 Å². The van der Waals surface area contributed by atoms with E-state index in [-0.39, 0.29) is 57.8 Å². The molecule has 0 bridgehead atoms. The van der Waals surface area contributed by atoms with Crippen LogP contribution in [0.25, 0.3) is 0 Å².